The van der Waals surface area contributed by atoms with Crippen LogP contribution in [0.3, 0.4) is 0 Å². The van der Waals surface area contributed by atoms with Crippen LogP contribution in [0.25, 0.3) is 6.08 Å². The molecule has 1 nitrogen and oxygen atoms in total. The van der Waals surface area contributed by atoms with Crippen molar-refractivity contribution in [1.29, 1.82) is 0 Å². The van der Waals surface area contributed by atoms with Crippen molar-refractivity contribution >= 4 is 53.1 Å². The molecule has 1 atom stereocenters. The summed E-state index contributed by atoms with van der Waals surface area (Å²) < 4.78 is 0. The number of rotatable bonds is 5. The third-order valence-electron chi connectivity index (χ3n) is 4.22. The number of hydrogen-bond donors (Lipinski definition) is 0. The first kappa shape index (κ1) is 22.6. The summed E-state index contributed by atoms with van der Waals surface area (Å²) in [7, 11) is 2.27. The van der Waals surface area contributed by atoms with Crippen LogP contribution >= 0.6 is 47.0 Å². The smallest absolute Gasteiger partial charge is 0.0265 e. The van der Waals surface area contributed by atoms with Crippen molar-refractivity contribution in [3.05, 3.63) is 42.0 Å². The van der Waals surface area contributed by atoms with Crippen molar-refractivity contribution in [2.75, 3.05) is 53.9 Å². The van der Waals surface area contributed by atoms with E-state index in [2.05, 4.69) is 89.8 Å². The van der Waals surface area contributed by atoms with Gasteiger partial charge in [0.15, 0.2) is 0 Å². The fraction of sp³-hybridized carbons (Fsp3) is 0.619. The van der Waals surface area contributed by atoms with Gasteiger partial charge in [-0.25, -0.2) is 0 Å². The van der Waals surface area contributed by atoms with E-state index in [9.17, 15) is 0 Å². The molecule has 0 radical (unpaired) electrons. The molecule has 0 aromatic heterocycles. The maximum absolute atomic E-state index is 3.84. The molecule has 0 N–H and O–H groups in total. The highest BCUT2D eigenvalue weighted by atomic mass is 32.2. The zero-order valence-corrected chi connectivity index (χ0v) is 19.3. The van der Waals surface area contributed by atoms with Crippen LogP contribution < -0.4 is 0 Å². The Labute approximate surface area is 177 Å². The minimum atomic E-state index is 0.748. The zero-order chi connectivity index (χ0) is 18.5. The molecule has 1 fully saturated rings. The molecular weight excluding hydrogens is 395 g/mol. The summed E-state index contributed by atoms with van der Waals surface area (Å²) in [6, 6.07) is 8.80. The Morgan fingerprint density at radius 3 is 2.31 bits per heavy atom. The Morgan fingerprint density at radius 1 is 0.962 bits per heavy atom. The molecule has 5 heteroatoms. The highest BCUT2D eigenvalue weighted by Crippen LogP contribution is 2.22. The summed E-state index contributed by atoms with van der Waals surface area (Å²) in [5.41, 5.74) is 2.59. The Morgan fingerprint density at radius 2 is 1.62 bits per heavy atom. The van der Waals surface area contributed by atoms with Gasteiger partial charge in [0.25, 0.3) is 0 Å². The summed E-state index contributed by atoms with van der Waals surface area (Å²) in [6.07, 6.45) is 4.63. The van der Waals surface area contributed by atoms with Crippen LogP contribution in [-0.2, 0) is 6.54 Å². The second-order valence-corrected chi connectivity index (χ2v) is 11.6. The Hall–Kier alpha value is 0.320. The van der Waals surface area contributed by atoms with Crippen LogP contribution in [0, 0.1) is 0 Å². The maximum atomic E-state index is 3.84. The second kappa shape index (κ2) is 14.3. The molecule has 26 heavy (non-hydrogen) atoms. The van der Waals surface area contributed by atoms with E-state index in [-0.39, 0.29) is 0 Å². The van der Waals surface area contributed by atoms with E-state index >= 15 is 0 Å². The monoisotopic (exact) mass is 427 g/mol. The van der Waals surface area contributed by atoms with Gasteiger partial charge >= 0.3 is 0 Å². The first-order valence-corrected chi connectivity index (χ1v) is 14.0. The molecule has 1 aromatic carbocycles. The molecule has 1 unspecified atom stereocenters. The standard InChI is InChI=1S/C21H33NS4/c1-3-19-6-8-20(9-7-19)16-22(2)17-21-18-25-12-4-10-23-14-15-24-11-5-13-26-21/h3,6-9,21H,1,4-5,10-18H2,2H3. The number of benzene rings is 1. The minimum absolute atomic E-state index is 0.748. The highest BCUT2D eigenvalue weighted by molar-refractivity contribution is 8.04. The van der Waals surface area contributed by atoms with Gasteiger partial charge in [-0.1, -0.05) is 36.9 Å². The van der Waals surface area contributed by atoms with Gasteiger partial charge in [-0.05, 0) is 54.0 Å². The van der Waals surface area contributed by atoms with Crippen LogP contribution in [0.2, 0.25) is 0 Å². The molecule has 1 aliphatic rings. The van der Waals surface area contributed by atoms with Crippen molar-refractivity contribution in [2.24, 2.45) is 0 Å². The Bertz CT molecular complexity index is 477. The van der Waals surface area contributed by atoms with Crippen LogP contribution in [0.4, 0.5) is 0 Å². The molecule has 0 aliphatic carbocycles. The molecule has 1 aliphatic heterocycles. The molecule has 1 aromatic rings. The lowest BCUT2D eigenvalue weighted by atomic mass is 10.1. The third-order valence-corrected chi connectivity index (χ3v) is 9.36. The van der Waals surface area contributed by atoms with Crippen molar-refractivity contribution < 1.29 is 0 Å². The third kappa shape index (κ3) is 10.0. The van der Waals surface area contributed by atoms with Crippen LogP contribution in [0.5, 0.6) is 0 Å². The van der Waals surface area contributed by atoms with E-state index in [1.807, 2.05) is 6.08 Å². The van der Waals surface area contributed by atoms with E-state index in [1.54, 1.807) is 0 Å². The van der Waals surface area contributed by atoms with Crippen LogP contribution in [0.15, 0.2) is 30.8 Å². The van der Waals surface area contributed by atoms with Gasteiger partial charge in [0.05, 0.1) is 0 Å². The first-order valence-electron chi connectivity index (χ1n) is 9.52. The number of thioether (sulfide) groups is 4. The summed E-state index contributed by atoms with van der Waals surface area (Å²) in [5.74, 6) is 9.27. The van der Waals surface area contributed by atoms with Crippen molar-refractivity contribution in [3.63, 3.8) is 0 Å². The molecule has 2 rings (SSSR count). The zero-order valence-electron chi connectivity index (χ0n) is 16.0. The van der Waals surface area contributed by atoms with Gasteiger partial charge in [0, 0.05) is 35.6 Å². The molecule has 0 saturated carbocycles. The predicted octanol–water partition coefficient (Wildman–Crippen LogP) is 5.86. The van der Waals surface area contributed by atoms with E-state index in [4.69, 9.17) is 0 Å². The van der Waals surface area contributed by atoms with Gasteiger partial charge in [-0.2, -0.15) is 47.0 Å². The van der Waals surface area contributed by atoms with E-state index in [0.29, 0.717) is 0 Å². The fourth-order valence-corrected chi connectivity index (χ4v) is 7.82. The summed E-state index contributed by atoms with van der Waals surface area (Å²) in [6.45, 7) is 6.05. The van der Waals surface area contributed by atoms with Crippen LogP contribution in [0.1, 0.15) is 24.0 Å². The van der Waals surface area contributed by atoms with Gasteiger partial charge in [-0.15, -0.1) is 0 Å². The lowest BCUT2D eigenvalue weighted by Gasteiger charge is -2.24. The van der Waals surface area contributed by atoms with E-state index in [1.165, 1.54) is 70.8 Å². The van der Waals surface area contributed by atoms with Gasteiger partial charge in [0.1, 0.15) is 0 Å². The largest absolute Gasteiger partial charge is 0.301 e. The van der Waals surface area contributed by atoms with Gasteiger partial charge in [-0.3, -0.25) is 0 Å². The SMILES string of the molecule is C=Cc1ccc(CN(C)CC2CSCCCSCCSCCCS2)cc1. The van der Waals surface area contributed by atoms with E-state index < -0.39 is 0 Å². The molecule has 1 heterocycles. The number of nitrogens with zero attached hydrogens (tertiary/aromatic N) is 1. The number of hydrogen-bond acceptors (Lipinski definition) is 5. The Kier molecular flexibility index (Phi) is 12.5. The summed E-state index contributed by atoms with van der Waals surface area (Å²) >= 11 is 8.65. The first-order chi connectivity index (χ1) is 12.8. The van der Waals surface area contributed by atoms with Gasteiger partial charge < -0.3 is 4.90 Å². The topological polar surface area (TPSA) is 3.24 Å². The fourth-order valence-electron chi connectivity index (χ4n) is 2.85. The maximum Gasteiger partial charge on any atom is 0.0265 e. The molecule has 146 valence electrons. The highest BCUT2D eigenvalue weighted by Gasteiger charge is 2.13. The molecule has 0 spiro atoms. The van der Waals surface area contributed by atoms with Crippen molar-refractivity contribution in [2.45, 2.75) is 24.6 Å². The molecule has 1 saturated heterocycles. The van der Waals surface area contributed by atoms with Crippen molar-refractivity contribution in [3.8, 4) is 0 Å². The predicted molar refractivity (Wildman–Crippen MR) is 130 cm³/mol. The average molecular weight is 428 g/mol. The second-order valence-electron chi connectivity index (χ2n) is 6.64. The average Bonchev–Trinajstić information content (AvgIpc) is 2.65. The van der Waals surface area contributed by atoms with E-state index in [0.717, 1.165) is 11.8 Å². The normalized spacial score (nSPS) is 21.2. The Balaban J connectivity index is 1.78. The lowest BCUT2D eigenvalue weighted by molar-refractivity contribution is 0.332. The summed E-state index contributed by atoms with van der Waals surface area (Å²) in [5, 5.41) is 0.748. The van der Waals surface area contributed by atoms with Crippen LogP contribution in [-0.4, -0.2) is 64.0 Å². The summed E-state index contributed by atoms with van der Waals surface area (Å²) in [4.78, 5) is 2.49. The minimum Gasteiger partial charge on any atom is -0.301 e. The molecular formula is C21H33NS4. The quantitative estimate of drug-likeness (QED) is 0.577. The lowest BCUT2D eigenvalue weighted by Crippen LogP contribution is -2.29. The molecule has 0 bridgehead atoms. The van der Waals surface area contributed by atoms with Gasteiger partial charge in [0.2, 0.25) is 0 Å². The molecule has 0 amide bonds. The van der Waals surface area contributed by atoms with Crippen molar-refractivity contribution in [1.82, 2.24) is 4.90 Å².